The molecule has 0 aliphatic rings. The van der Waals surface area contributed by atoms with E-state index in [0.717, 1.165) is 39.5 Å². The summed E-state index contributed by atoms with van der Waals surface area (Å²) in [6.07, 6.45) is 0. The molecule has 0 fully saturated rings. The van der Waals surface area contributed by atoms with Gasteiger partial charge in [0.1, 0.15) is 5.15 Å². The summed E-state index contributed by atoms with van der Waals surface area (Å²) in [5.74, 6) is 0.658. The van der Waals surface area contributed by atoms with E-state index in [1.54, 1.807) is 18.4 Å². The number of nitrogens with zero attached hydrogens (tertiary/aromatic N) is 3. The molecule has 6 heteroatoms. The summed E-state index contributed by atoms with van der Waals surface area (Å²) in [5, 5.41) is 4.89. The van der Waals surface area contributed by atoms with Crippen molar-refractivity contribution in [2.75, 3.05) is 7.11 Å². The highest BCUT2D eigenvalue weighted by Gasteiger charge is 2.17. The number of hydrogen-bond acceptors (Lipinski definition) is 5. The van der Waals surface area contributed by atoms with E-state index in [-0.39, 0.29) is 0 Å². The molecule has 0 radical (unpaired) electrons. The number of ether oxygens (including phenoxy) is 1. The molecule has 2 aromatic carbocycles. The maximum absolute atomic E-state index is 6.65. The van der Waals surface area contributed by atoms with Crippen LogP contribution >= 0.6 is 22.9 Å². The van der Waals surface area contributed by atoms with Gasteiger partial charge in [0.15, 0.2) is 0 Å². The first-order valence-corrected chi connectivity index (χ1v) is 12.5. The third-order valence-electron chi connectivity index (χ3n) is 5.95. The van der Waals surface area contributed by atoms with Crippen molar-refractivity contribution in [2.45, 2.75) is 33.5 Å². The SMILES string of the molecule is COc1nc2ccc(C)cc2cc1CN(Cc1cccs1)Cc1cc2cc(C)ccc2nc1Cl. The van der Waals surface area contributed by atoms with Gasteiger partial charge in [0, 0.05) is 46.4 Å². The van der Waals surface area contributed by atoms with Crippen LogP contribution in [0.2, 0.25) is 5.15 Å². The van der Waals surface area contributed by atoms with Crippen LogP contribution in [0.4, 0.5) is 0 Å². The minimum Gasteiger partial charge on any atom is -0.481 e. The van der Waals surface area contributed by atoms with Gasteiger partial charge in [-0.3, -0.25) is 4.90 Å². The molecule has 0 N–H and O–H groups in total. The fourth-order valence-corrected chi connectivity index (χ4v) is 5.26. The fraction of sp³-hybridized carbons (Fsp3) is 0.214. The highest BCUT2D eigenvalue weighted by atomic mass is 35.5. The molecule has 172 valence electrons. The van der Waals surface area contributed by atoms with Crippen molar-refractivity contribution in [2.24, 2.45) is 0 Å². The van der Waals surface area contributed by atoms with Gasteiger partial charge in [-0.15, -0.1) is 11.3 Å². The van der Waals surface area contributed by atoms with Crippen LogP contribution in [-0.2, 0) is 19.6 Å². The van der Waals surface area contributed by atoms with E-state index in [1.165, 1.54) is 16.0 Å². The molecule has 0 saturated heterocycles. The second-order valence-electron chi connectivity index (χ2n) is 8.71. The molecule has 34 heavy (non-hydrogen) atoms. The molecular formula is C28H26ClN3OS. The molecule has 0 atom stereocenters. The Bertz CT molecular complexity index is 1470. The lowest BCUT2D eigenvalue weighted by atomic mass is 10.1. The Balaban J connectivity index is 1.52. The van der Waals surface area contributed by atoms with Gasteiger partial charge in [-0.1, -0.05) is 40.9 Å². The number of hydrogen-bond donors (Lipinski definition) is 0. The van der Waals surface area contributed by atoms with Gasteiger partial charge in [0.25, 0.3) is 0 Å². The Labute approximate surface area is 208 Å². The van der Waals surface area contributed by atoms with E-state index in [0.29, 0.717) is 24.1 Å². The Kier molecular flexibility index (Phi) is 6.50. The number of methoxy groups -OCH3 is 1. The zero-order chi connectivity index (χ0) is 23.7. The largest absolute Gasteiger partial charge is 0.481 e. The molecule has 4 nitrogen and oxygen atoms in total. The molecule has 3 heterocycles. The maximum atomic E-state index is 6.65. The average Bonchev–Trinajstić information content (AvgIpc) is 3.32. The molecule has 3 aromatic heterocycles. The summed E-state index contributed by atoms with van der Waals surface area (Å²) < 4.78 is 5.69. The Morgan fingerprint density at radius 3 is 2.12 bits per heavy atom. The number of rotatable bonds is 7. The summed E-state index contributed by atoms with van der Waals surface area (Å²) in [4.78, 5) is 13.1. The quantitative estimate of drug-likeness (QED) is 0.225. The molecule has 5 rings (SSSR count). The van der Waals surface area contributed by atoms with E-state index in [1.807, 2.05) is 12.1 Å². The molecule has 0 amide bonds. The molecule has 5 aromatic rings. The third-order valence-corrected chi connectivity index (χ3v) is 7.14. The van der Waals surface area contributed by atoms with Crippen LogP contribution in [-0.4, -0.2) is 22.0 Å². The normalized spacial score (nSPS) is 11.6. The highest BCUT2D eigenvalue weighted by molar-refractivity contribution is 7.09. The predicted molar refractivity (Wildman–Crippen MR) is 142 cm³/mol. The molecule has 0 aliphatic carbocycles. The zero-order valence-electron chi connectivity index (χ0n) is 19.5. The Morgan fingerprint density at radius 2 is 1.47 bits per heavy atom. The van der Waals surface area contributed by atoms with Crippen molar-refractivity contribution in [3.8, 4) is 5.88 Å². The van der Waals surface area contributed by atoms with Crippen molar-refractivity contribution in [1.29, 1.82) is 0 Å². The second-order valence-corrected chi connectivity index (χ2v) is 10.1. The third kappa shape index (κ3) is 4.92. The zero-order valence-corrected chi connectivity index (χ0v) is 21.1. The maximum Gasteiger partial charge on any atom is 0.218 e. The number of fused-ring (bicyclic) bond motifs is 2. The van der Waals surface area contributed by atoms with Gasteiger partial charge >= 0.3 is 0 Å². The van der Waals surface area contributed by atoms with E-state index in [4.69, 9.17) is 21.3 Å². The lowest BCUT2D eigenvalue weighted by Crippen LogP contribution is -2.23. The number of thiophene rings is 1. The van der Waals surface area contributed by atoms with Crippen molar-refractivity contribution in [3.63, 3.8) is 0 Å². The van der Waals surface area contributed by atoms with Gasteiger partial charge in [-0.2, -0.15) is 0 Å². The number of aromatic nitrogens is 2. The molecular weight excluding hydrogens is 462 g/mol. The fourth-order valence-electron chi connectivity index (χ4n) is 4.31. The van der Waals surface area contributed by atoms with Gasteiger partial charge in [-0.25, -0.2) is 9.97 Å². The van der Waals surface area contributed by atoms with E-state index < -0.39 is 0 Å². The van der Waals surface area contributed by atoms with Gasteiger partial charge in [0.05, 0.1) is 18.1 Å². The van der Waals surface area contributed by atoms with Crippen LogP contribution in [0.1, 0.15) is 27.1 Å². The molecule has 0 aliphatic heterocycles. The Hall–Kier alpha value is -2.99. The first kappa shape index (κ1) is 22.8. The summed E-state index contributed by atoms with van der Waals surface area (Å²) in [7, 11) is 1.68. The van der Waals surface area contributed by atoms with Crippen molar-refractivity contribution < 1.29 is 4.74 Å². The molecule has 0 saturated carbocycles. The lowest BCUT2D eigenvalue weighted by molar-refractivity contribution is 0.245. The number of benzene rings is 2. The van der Waals surface area contributed by atoms with E-state index in [2.05, 4.69) is 77.6 Å². The summed E-state index contributed by atoms with van der Waals surface area (Å²) in [6.45, 7) is 6.35. The molecule has 0 bridgehead atoms. The minimum atomic E-state index is 0.548. The van der Waals surface area contributed by atoms with Crippen LogP contribution in [0.5, 0.6) is 5.88 Å². The summed E-state index contributed by atoms with van der Waals surface area (Å²) in [5.41, 5.74) is 6.34. The van der Waals surface area contributed by atoms with Crippen molar-refractivity contribution in [1.82, 2.24) is 14.9 Å². The summed E-state index contributed by atoms with van der Waals surface area (Å²) >= 11 is 8.41. The number of pyridine rings is 2. The summed E-state index contributed by atoms with van der Waals surface area (Å²) in [6, 6.07) is 21.2. The Morgan fingerprint density at radius 1 is 0.824 bits per heavy atom. The molecule has 0 spiro atoms. The minimum absolute atomic E-state index is 0.548. The first-order chi connectivity index (χ1) is 16.5. The van der Waals surface area contributed by atoms with Crippen LogP contribution in [0.3, 0.4) is 0 Å². The van der Waals surface area contributed by atoms with Crippen LogP contribution in [0, 0.1) is 13.8 Å². The van der Waals surface area contributed by atoms with E-state index >= 15 is 0 Å². The smallest absolute Gasteiger partial charge is 0.218 e. The van der Waals surface area contributed by atoms with Crippen LogP contribution in [0.25, 0.3) is 21.8 Å². The monoisotopic (exact) mass is 487 g/mol. The first-order valence-electron chi connectivity index (χ1n) is 11.2. The lowest BCUT2D eigenvalue weighted by Gasteiger charge is -2.23. The predicted octanol–water partition coefficient (Wildman–Crippen LogP) is 7.33. The van der Waals surface area contributed by atoms with E-state index in [9.17, 15) is 0 Å². The van der Waals surface area contributed by atoms with Crippen LogP contribution < -0.4 is 4.74 Å². The standard InChI is InChI=1S/C28H26ClN3OS/c1-18-6-8-25-20(11-18)13-22(27(29)30-25)15-32(17-24-5-4-10-34-24)16-23-14-21-12-19(2)7-9-26(21)31-28(23)33-3/h4-14H,15-17H2,1-3H3. The average molecular weight is 488 g/mol. The van der Waals surface area contributed by atoms with Crippen molar-refractivity contribution >= 4 is 44.7 Å². The van der Waals surface area contributed by atoms with Crippen LogP contribution in [0.15, 0.2) is 66.0 Å². The number of aryl methyl sites for hydroxylation is 2. The van der Waals surface area contributed by atoms with Crippen molar-refractivity contribution in [3.05, 3.63) is 98.3 Å². The number of halogens is 1. The van der Waals surface area contributed by atoms with Gasteiger partial charge < -0.3 is 4.74 Å². The topological polar surface area (TPSA) is 38.2 Å². The second kappa shape index (κ2) is 9.71. The highest BCUT2D eigenvalue weighted by Crippen LogP contribution is 2.28. The van der Waals surface area contributed by atoms with Gasteiger partial charge in [0.2, 0.25) is 5.88 Å². The van der Waals surface area contributed by atoms with Gasteiger partial charge in [-0.05, 0) is 61.7 Å². The molecule has 0 unspecified atom stereocenters.